The third-order valence-electron chi connectivity index (χ3n) is 7.52. The van der Waals surface area contributed by atoms with Crippen LogP contribution in [0.3, 0.4) is 0 Å². The normalized spacial score (nSPS) is 13.5. The van der Waals surface area contributed by atoms with E-state index in [4.69, 9.17) is 14.8 Å². The van der Waals surface area contributed by atoms with Crippen molar-refractivity contribution in [3.05, 3.63) is 89.2 Å². The highest BCUT2D eigenvalue weighted by Gasteiger charge is 2.24. The summed E-state index contributed by atoms with van der Waals surface area (Å²) in [5.41, 5.74) is 4.63. The molecule has 0 unspecified atom stereocenters. The fraction of sp³-hybridized carbons (Fsp3) is 0.333. The van der Waals surface area contributed by atoms with Crippen molar-refractivity contribution in [2.45, 2.75) is 40.0 Å². The maximum Gasteiger partial charge on any atom is 0.324 e. The van der Waals surface area contributed by atoms with Gasteiger partial charge >= 0.3 is 6.03 Å². The smallest absolute Gasteiger partial charge is 0.324 e. The fourth-order valence-corrected chi connectivity index (χ4v) is 4.92. The molecule has 0 aliphatic carbocycles. The Hall–Kier alpha value is -4.86. The lowest BCUT2D eigenvalue weighted by Crippen LogP contribution is -2.49. The van der Waals surface area contributed by atoms with E-state index < -0.39 is 0 Å². The Morgan fingerprint density at radius 1 is 0.884 bits per heavy atom. The van der Waals surface area contributed by atoms with Crippen LogP contribution in [0, 0.1) is 13.8 Å². The number of anilines is 3. The van der Waals surface area contributed by atoms with Gasteiger partial charge in [-0.3, -0.25) is 10.1 Å². The number of carbonyl (C=O) groups excluding carboxylic acids is 2. The highest BCUT2D eigenvalue weighted by atomic mass is 16.5. The van der Waals surface area contributed by atoms with E-state index in [0.717, 1.165) is 22.8 Å². The van der Waals surface area contributed by atoms with E-state index in [1.807, 2.05) is 79.4 Å². The molecule has 1 fully saturated rings. The average molecular weight is 582 g/mol. The third kappa shape index (κ3) is 6.80. The van der Waals surface area contributed by atoms with E-state index in [1.54, 1.807) is 17.9 Å². The molecule has 43 heavy (non-hydrogen) atoms. The van der Waals surface area contributed by atoms with E-state index in [-0.39, 0.29) is 17.4 Å². The molecule has 10 heteroatoms. The molecular formula is C33H39N7O3. The van der Waals surface area contributed by atoms with Crippen LogP contribution < -0.4 is 20.3 Å². The molecule has 2 aromatic heterocycles. The first kappa shape index (κ1) is 29.6. The second-order valence-corrected chi connectivity index (χ2v) is 11.8. The van der Waals surface area contributed by atoms with E-state index in [2.05, 4.69) is 36.3 Å². The summed E-state index contributed by atoms with van der Waals surface area (Å²) in [5.74, 6) is 2.05. The molecule has 1 aliphatic rings. The van der Waals surface area contributed by atoms with Gasteiger partial charge in [0.25, 0.3) is 5.91 Å². The Bertz CT molecular complexity index is 1610. The molecule has 2 N–H and O–H groups in total. The number of hydrogen-bond acceptors (Lipinski definition) is 6. The van der Waals surface area contributed by atoms with Crippen molar-refractivity contribution in [1.82, 2.24) is 19.7 Å². The summed E-state index contributed by atoms with van der Waals surface area (Å²) in [7, 11) is 1.59. The minimum atomic E-state index is -0.379. The number of rotatable bonds is 6. The van der Waals surface area contributed by atoms with Crippen LogP contribution in [-0.2, 0) is 5.41 Å². The van der Waals surface area contributed by atoms with Gasteiger partial charge in [-0.1, -0.05) is 44.5 Å². The van der Waals surface area contributed by atoms with Crippen LogP contribution in [0.1, 0.15) is 48.1 Å². The van der Waals surface area contributed by atoms with Crippen LogP contribution in [0.2, 0.25) is 0 Å². The number of pyridine rings is 1. The van der Waals surface area contributed by atoms with Crippen molar-refractivity contribution in [2.75, 3.05) is 48.8 Å². The Morgan fingerprint density at radius 3 is 2.26 bits per heavy atom. The number of benzene rings is 2. The lowest BCUT2D eigenvalue weighted by atomic mass is 9.92. The van der Waals surface area contributed by atoms with Gasteiger partial charge in [0.05, 0.1) is 29.9 Å². The number of aromatic nitrogens is 3. The zero-order valence-corrected chi connectivity index (χ0v) is 25.6. The Morgan fingerprint density at radius 2 is 1.60 bits per heavy atom. The summed E-state index contributed by atoms with van der Waals surface area (Å²) in [5, 5.41) is 10.7. The Kier molecular flexibility index (Phi) is 8.38. The highest BCUT2D eigenvalue weighted by Crippen LogP contribution is 2.27. The molecule has 5 rings (SSSR count). The van der Waals surface area contributed by atoms with Gasteiger partial charge in [0.1, 0.15) is 17.4 Å². The number of aryl methyl sites for hydroxylation is 2. The first-order valence-electron chi connectivity index (χ1n) is 14.4. The van der Waals surface area contributed by atoms with Gasteiger partial charge < -0.3 is 19.9 Å². The molecule has 1 saturated heterocycles. The van der Waals surface area contributed by atoms with Crippen LogP contribution in [-0.4, -0.2) is 64.9 Å². The standard InChI is InChI=1S/C33H39N7O3/c1-22-10-12-25(13-11-22)40-30(21-28(37-40)33(3,4)5)36-32(42)35-27-14-15-29(34-23(27)2)38-16-18-39(19-17-38)31(41)24-8-7-9-26(20-24)43-6/h7-15,20-21H,16-19H2,1-6H3,(H2,35,36,42). The van der Waals surface area contributed by atoms with Crippen molar-refractivity contribution in [3.8, 4) is 11.4 Å². The second-order valence-electron chi connectivity index (χ2n) is 11.8. The summed E-state index contributed by atoms with van der Waals surface area (Å²) in [6.07, 6.45) is 0. The first-order chi connectivity index (χ1) is 20.5. The van der Waals surface area contributed by atoms with Gasteiger partial charge in [0.2, 0.25) is 0 Å². The van der Waals surface area contributed by atoms with Gasteiger partial charge in [0.15, 0.2) is 0 Å². The number of urea groups is 1. The lowest BCUT2D eigenvalue weighted by Gasteiger charge is -2.35. The van der Waals surface area contributed by atoms with Crippen molar-refractivity contribution in [3.63, 3.8) is 0 Å². The molecule has 3 amide bonds. The fourth-order valence-electron chi connectivity index (χ4n) is 4.92. The monoisotopic (exact) mass is 581 g/mol. The summed E-state index contributed by atoms with van der Waals surface area (Å²) < 4.78 is 7.02. The van der Waals surface area contributed by atoms with Crippen molar-refractivity contribution in [2.24, 2.45) is 0 Å². The van der Waals surface area contributed by atoms with Crippen LogP contribution >= 0.6 is 0 Å². The molecule has 0 atom stereocenters. The summed E-state index contributed by atoms with van der Waals surface area (Å²) in [6.45, 7) is 12.7. The maximum absolute atomic E-state index is 13.1. The summed E-state index contributed by atoms with van der Waals surface area (Å²) in [6, 6.07) is 20.5. The quantitative estimate of drug-likeness (QED) is 0.298. The second kappa shape index (κ2) is 12.2. The minimum Gasteiger partial charge on any atom is -0.497 e. The van der Waals surface area contributed by atoms with E-state index in [0.29, 0.717) is 54.7 Å². The van der Waals surface area contributed by atoms with E-state index >= 15 is 0 Å². The molecule has 4 aromatic rings. The predicted molar refractivity (Wildman–Crippen MR) is 170 cm³/mol. The van der Waals surface area contributed by atoms with Gasteiger partial charge in [0, 0.05) is 43.2 Å². The van der Waals surface area contributed by atoms with Crippen molar-refractivity contribution < 1.29 is 14.3 Å². The molecule has 2 aromatic carbocycles. The van der Waals surface area contributed by atoms with Gasteiger partial charge in [-0.15, -0.1) is 0 Å². The molecular weight excluding hydrogens is 542 g/mol. The number of nitrogens with zero attached hydrogens (tertiary/aromatic N) is 5. The van der Waals surface area contributed by atoms with Crippen LogP contribution in [0.4, 0.5) is 22.1 Å². The van der Waals surface area contributed by atoms with Crippen LogP contribution in [0.25, 0.3) is 5.69 Å². The SMILES string of the molecule is COc1cccc(C(=O)N2CCN(c3ccc(NC(=O)Nc4cc(C(C)(C)C)nn4-c4ccc(C)cc4)c(C)n3)CC2)c1. The molecule has 0 spiro atoms. The van der Waals surface area contributed by atoms with Crippen LogP contribution in [0.15, 0.2) is 66.7 Å². The number of nitrogens with one attached hydrogen (secondary N) is 2. The summed E-state index contributed by atoms with van der Waals surface area (Å²) in [4.78, 5) is 34.9. The maximum atomic E-state index is 13.1. The van der Waals surface area contributed by atoms with Gasteiger partial charge in [-0.25, -0.2) is 14.5 Å². The Balaban J connectivity index is 1.23. The largest absolute Gasteiger partial charge is 0.497 e. The summed E-state index contributed by atoms with van der Waals surface area (Å²) >= 11 is 0. The molecule has 0 saturated carbocycles. The molecule has 224 valence electrons. The number of hydrogen-bond donors (Lipinski definition) is 2. The number of piperazine rings is 1. The van der Waals surface area contributed by atoms with Gasteiger partial charge in [-0.05, 0) is 56.3 Å². The lowest BCUT2D eigenvalue weighted by molar-refractivity contribution is 0.0746. The average Bonchev–Trinajstić information content (AvgIpc) is 3.42. The number of methoxy groups -OCH3 is 1. The molecule has 0 bridgehead atoms. The van der Waals surface area contributed by atoms with Gasteiger partial charge in [-0.2, -0.15) is 5.10 Å². The van der Waals surface area contributed by atoms with E-state index in [1.165, 1.54) is 0 Å². The zero-order chi connectivity index (χ0) is 30.7. The van der Waals surface area contributed by atoms with E-state index in [9.17, 15) is 9.59 Å². The molecule has 3 heterocycles. The highest BCUT2D eigenvalue weighted by molar-refractivity contribution is 6.00. The first-order valence-corrected chi connectivity index (χ1v) is 14.4. The number of ether oxygens (including phenoxy) is 1. The molecule has 10 nitrogen and oxygen atoms in total. The Labute approximate surface area is 252 Å². The molecule has 0 radical (unpaired) electrons. The molecule has 1 aliphatic heterocycles. The van der Waals surface area contributed by atoms with Crippen molar-refractivity contribution in [1.29, 1.82) is 0 Å². The van der Waals surface area contributed by atoms with Crippen LogP contribution in [0.5, 0.6) is 5.75 Å². The minimum absolute atomic E-state index is 0.00779. The number of amides is 3. The van der Waals surface area contributed by atoms with Crippen molar-refractivity contribution >= 4 is 29.3 Å². The zero-order valence-electron chi connectivity index (χ0n) is 25.6. The number of carbonyl (C=O) groups is 2. The third-order valence-corrected chi connectivity index (χ3v) is 7.52. The predicted octanol–water partition coefficient (Wildman–Crippen LogP) is 5.80. The topological polar surface area (TPSA) is 105 Å².